The molecule has 1 amide bonds. The number of methoxy groups -OCH3 is 1. The van der Waals surface area contributed by atoms with E-state index in [4.69, 9.17) is 4.74 Å². The van der Waals surface area contributed by atoms with Gasteiger partial charge in [0, 0.05) is 29.7 Å². The van der Waals surface area contributed by atoms with Crippen LogP contribution >= 0.6 is 0 Å². The van der Waals surface area contributed by atoms with E-state index in [9.17, 15) is 4.79 Å². The molecule has 7 heteroatoms. The van der Waals surface area contributed by atoms with E-state index in [0.29, 0.717) is 17.9 Å². The zero-order valence-electron chi connectivity index (χ0n) is 18.1. The number of nitrogens with one attached hydrogen (secondary N) is 3. The third-order valence-electron chi connectivity index (χ3n) is 5.08. The highest BCUT2D eigenvalue weighted by molar-refractivity contribution is 6.04. The van der Waals surface area contributed by atoms with Crippen LogP contribution in [0.15, 0.2) is 73.1 Å². The van der Waals surface area contributed by atoms with Crippen LogP contribution in [0.1, 0.15) is 21.5 Å². The zero-order chi connectivity index (χ0) is 22.3. The van der Waals surface area contributed by atoms with Crippen molar-refractivity contribution in [2.24, 2.45) is 0 Å². The Hall–Kier alpha value is -3.97. The van der Waals surface area contributed by atoms with Gasteiger partial charge in [-0.2, -0.15) is 0 Å². The number of benzene rings is 3. The number of nitrogens with zero attached hydrogens (tertiary/aromatic N) is 2. The second kappa shape index (κ2) is 9.89. The van der Waals surface area contributed by atoms with Crippen molar-refractivity contribution in [3.05, 3.63) is 89.7 Å². The molecular formula is C25H25N5O2. The summed E-state index contributed by atoms with van der Waals surface area (Å²) in [5, 5.41) is 10.5. The van der Waals surface area contributed by atoms with Gasteiger partial charge >= 0.3 is 0 Å². The molecule has 0 fully saturated rings. The molecule has 0 spiro atoms. The van der Waals surface area contributed by atoms with Crippen LogP contribution in [-0.4, -0.2) is 30.0 Å². The van der Waals surface area contributed by atoms with Gasteiger partial charge in [-0.15, -0.1) is 0 Å². The molecule has 32 heavy (non-hydrogen) atoms. The third kappa shape index (κ3) is 5.01. The smallest absolute Gasteiger partial charge is 0.255 e. The molecule has 1 aromatic heterocycles. The molecule has 4 aromatic rings. The summed E-state index contributed by atoms with van der Waals surface area (Å²) in [5.41, 5.74) is 4.38. The van der Waals surface area contributed by atoms with Crippen LogP contribution in [0.2, 0.25) is 0 Å². The van der Waals surface area contributed by atoms with E-state index in [1.807, 2.05) is 37.4 Å². The molecule has 0 aliphatic rings. The van der Waals surface area contributed by atoms with E-state index in [-0.39, 0.29) is 5.91 Å². The Morgan fingerprint density at radius 1 is 0.938 bits per heavy atom. The van der Waals surface area contributed by atoms with E-state index in [2.05, 4.69) is 38.1 Å². The predicted molar refractivity (Wildman–Crippen MR) is 127 cm³/mol. The van der Waals surface area contributed by atoms with Gasteiger partial charge in [0.15, 0.2) is 0 Å². The molecular weight excluding hydrogens is 402 g/mol. The normalized spacial score (nSPS) is 10.7. The van der Waals surface area contributed by atoms with E-state index < -0.39 is 0 Å². The molecule has 3 aromatic carbocycles. The lowest BCUT2D eigenvalue weighted by atomic mass is 10.1. The number of hydrogen-bond acceptors (Lipinski definition) is 6. The Kier molecular flexibility index (Phi) is 6.57. The van der Waals surface area contributed by atoms with Gasteiger partial charge in [0.25, 0.3) is 5.91 Å². The molecule has 0 aliphatic heterocycles. The number of hydrogen-bond donors (Lipinski definition) is 3. The number of rotatable bonds is 8. The molecule has 0 bridgehead atoms. The van der Waals surface area contributed by atoms with Crippen LogP contribution in [0.5, 0.6) is 5.75 Å². The van der Waals surface area contributed by atoms with E-state index in [1.165, 1.54) is 5.56 Å². The molecule has 1 heterocycles. The maximum Gasteiger partial charge on any atom is 0.255 e. The molecule has 0 saturated carbocycles. The summed E-state index contributed by atoms with van der Waals surface area (Å²) in [6.07, 6.45) is 1.56. The molecule has 0 atom stereocenters. The van der Waals surface area contributed by atoms with Crippen LogP contribution < -0.4 is 20.7 Å². The SMILES string of the molecule is CNCc1ccc2ncnc(NCc3cccc(NC(=O)c4ccc(OC)cc4)c3)c2c1. The summed E-state index contributed by atoms with van der Waals surface area (Å²) in [7, 11) is 3.52. The fourth-order valence-corrected chi connectivity index (χ4v) is 3.45. The van der Waals surface area contributed by atoms with Crippen LogP contribution in [0.3, 0.4) is 0 Å². The first-order valence-electron chi connectivity index (χ1n) is 10.3. The minimum atomic E-state index is -0.170. The van der Waals surface area contributed by atoms with Crippen LogP contribution in [0, 0.1) is 0 Å². The van der Waals surface area contributed by atoms with E-state index >= 15 is 0 Å². The van der Waals surface area contributed by atoms with Gasteiger partial charge < -0.3 is 20.7 Å². The van der Waals surface area contributed by atoms with Crippen LogP contribution in [-0.2, 0) is 13.1 Å². The van der Waals surface area contributed by atoms with Crippen molar-refractivity contribution in [1.82, 2.24) is 15.3 Å². The second-order valence-corrected chi connectivity index (χ2v) is 7.34. The molecule has 4 rings (SSSR count). The standard InChI is InChI=1S/C25H25N5O2/c1-26-14-18-6-11-23-22(13-18)24(29-16-28-23)27-15-17-4-3-5-20(12-17)30-25(31)19-7-9-21(32-2)10-8-19/h3-13,16,26H,14-15H2,1-2H3,(H,30,31)(H,27,28,29). The van der Waals surface area contributed by atoms with Crippen LogP contribution in [0.4, 0.5) is 11.5 Å². The first kappa shape index (κ1) is 21.3. The van der Waals surface area contributed by atoms with Gasteiger partial charge in [0.1, 0.15) is 17.9 Å². The average molecular weight is 428 g/mol. The minimum absolute atomic E-state index is 0.170. The number of carbonyl (C=O) groups is 1. The second-order valence-electron chi connectivity index (χ2n) is 7.34. The number of anilines is 2. The number of carbonyl (C=O) groups excluding carboxylic acids is 1. The van der Waals surface area contributed by atoms with Crippen molar-refractivity contribution in [2.45, 2.75) is 13.1 Å². The Morgan fingerprint density at radius 3 is 2.53 bits per heavy atom. The van der Waals surface area contributed by atoms with Crippen molar-refractivity contribution in [3.8, 4) is 5.75 Å². The Morgan fingerprint density at radius 2 is 1.75 bits per heavy atom. The number of amides is 1. The molecule has 7 nitrogen and oxygen atoms in total. The van der Waals surface area contributed by atoms with Crippen molar-refractivity contribution in [1.29, 1.82) is 0 Å². The lowest BCUT2D eigenvalue weighted by Crippen LogP contribution is -2.12. The number of aromatic nitrogens is 2. The maximum atomic E-state index is 12.5. The van der Waals surface area contributed by atoms with Crippen molar-refractivity contribution < 1.29 is 9.53 Å². The lowest BCUT2D eigenvalue weighted by molar-refractivity contribution is 0.102. The quantitative estimate of drug-likeness (QED) is 0.390. The van der Waals surface area contributed by atoms with Gasteiger partial charge in [-0.1, -0.05) is 18.2 Å². The highest BCUT2D eigenvalue weighted by Crippen LogP contribution is 2.22. The molecule has 162 valence electrons. The highest BCUT2D eigenvalue weighted by atomic mass is 16.5. The summed E-state index contributed by atoms with van der Waals surface area (Å²) in [4.78, 5) is 21.3. The largest absolute Gasteiger partial charge is 0.497 e. The fourth-order valence-electron chi connectivity index (χ4n) is 3.45. The highest BCUT2D eigenvalue weighted by Gasteiger charge is 2.08. The zero-order valence-corrected chi connectivity index (χ0v) is 18.1. The monoisotopic (exact) mass is 427 g/mol. The summed E-state index contributed by atoms with van der Waals surface area (Å²) in [5.74, 6) is 1.32. The van der Waals surface area contributed by atoms with Gasteiger partial charge in [-0.3, -0.25) is 4.79 Å². The minimum Gasteiger partial charge on any atom is -0.497 e. The van der Waals surface area contributed by atoms with Gasteiger partial charge in [0.05, 0.1) is 12.6 Å². The summed E-state index contributed by atoms with van der Waals surface area (Å²) >= 11 is 0. The Bertz CT molecular complexity index is 1220. The topological polar surface area (TPSA) is 88.2 Å². The summed E-state index contributed by atoms with van der Waals surface area (Å²) in [6, 6.07) is 20.9. The molecule has 0 unspecified atom stereocenters. The number of fused-ring (bicyclic) bond motifs is 1. The van der Waals surface area contributed by atoms with Gasteiger partial charge in [-0.25, -0.2) is 9.97 Å². The van der Waals surface area contributed by atoms with Crippen LogP contribution in [0.25, 0.3) is 10.9 Å². The first-order chi connectivity index (χ1) is 15.7. The van der Waals surface area contributed by atoms with E-state index in [1.54, 1.807) is 37.7 Å². The maximum absolute atomic E-state index is 12.5. The Balaban J connectivity index is 1.46. The number of ether oxygens (including phenoxy) is 1. The van der Waals surface area contributed by atoms with Gasteiger partial charge in [-0.05, 0) is 66.7 Å². The van der Waals surface area contributed by atoms with Crippen molar-refractivity contribution >= 4 is 28.3 Å². The summed E-state index contributed by atoms with van der Waals surface area (Å²) in [6.45, 7) is 1.34. The predicted octanol–water partition coefficient (Wildman–Crippen LogP) is 4.22. The average Bonchev–Trinajstić information content (AvgIpc) is 2.83. The third-order valence-corrected chi connectivity index (χ3v) is 5.08. The van der Waals surface area contributed by atoms with E-state index in [0.717, 1.165) is 34.5 Å². The fraction of sp³-hybridized carbons (Fsp3) is 0.160. The molecule has 3 N–H and O–H groups in total. The molecule has 0 aliphatic carbocycles. The van der Waals surface area contributed by atoms with Gasteiger partial charge in [0.2, 0.25) is 0 Å². The first-order valence-corrected chi connectivity index (χ1v) is 10.3. The summed E-state index contributed by atoms with van der Waals surface area (Å²) < 4.78 is 5.14. The van der Waals surface area contributed by atoms with Crippen molar-refractivity contribution in [2.75, 3.05) is 24.8 Å². The molecule has 0 radical (unpaired) electrons. The van der Waals surface area contributed by atoms with Crippen molar-refractivity contribution in [3.63, 3.8) is 0 Å². The Labute approximate surface area is 186 Å². The lowest BCUT2D eigenvalue weighted by Gasteiger charge is -2.11. The molecule has 0 saturated heterocycles.